The highest BCUT2D eigenvalue weighted by molar-refractivity contribution is 7.89. The smallest absolute Gasteiger partial charge is 0.358 e. The van der Waals surface area contributed by atoms with Crippen molar-refractivity contribution in [2.24, 2.45) is 5.14 Å². The van der Waals surface area contributed by atoms with E-state index in [1.165, 1.54) is 0 Å². The lowest BCUT2D eigenvalue weighted by atomic mass is 10.3. The molecule has 0 spiro atoms. The first kappa shape index (κ1) is 13.3. The lowest BCUT2D eigenvalue weighted by molar-refractivity contribution is -0.392. The number of hydrogen-bond donors (Lipinski definition) is 1. The molecule has 0 aliphatic heterocycles. The van der Waals surface area contributed by atoms with Gasteiger partial charge in [-0.25, -0.2) is 22.3 Å². The summed E-state index contributed by atoms with van der Waals surface area (Å²) in [6, 6.07) is 0.0234. The minimum Gasteiger partial charge on any atom is -0.358 e. The highest BCUT2D eigenvalue weighted by Gasteiger charge is 2.32. The Morgan fingerprint density at radius 2 is 2.00 bits per heavy atom. The van der Waals surface area contributed by atoms with Gasteiger partial charge in [-0.2, -0.15) is 4.39 Å². The number of rotatable bonds is 3. The maximum atomic E-state index is 13.0. The molecule has 0 saturated carbocycles. The van der Waals surface area contributed by atoms with Gasteiger partial charge in [-0.3, -0.25) is 0 Å². The number of nitrogens with zero attached hydrogens (tertiary/aromatic N) is 2. The van der Waals surface area contributed by atoms with Crippen LogP contribution in [-0.4, -0.2) is 18.3 Å². The zero-order valence-electron chi connectivity index (χ0n) is 7.80. The van der Waals surface area contributed by atoms with Crippen LogP contribution in [-0.2, 0) is 10.0 Å². The summed E-state index contributed by atoms with van der Waals surface area (Å²) in [5.41, 5.74) is -1.32. The molecule has 17 heavy (non-hydrogen) atoms. The van der Waals surface area contributed by atoms with Crippen LogP contribution in [0.2, 0.25) is 0 Å². The van der Waals surface area contributed by atoms with Gasteiger partial charge in [0.15, 0.2) is 0 Å². The largest absolute Gasteiger partial charge is 0.401 e. The summed E-state index contributed by atoms with van der Waals surface area (Å²) in [5.74, 6) is -3.16. The molecule has 7 nitrogen and oxygen atoms in total. The maximum absolute atomic E-state index is 13.0. The molecule has 0 atom stereocenters. The molecule has 2 N–H and O–H groups in total. The molecule has 0 aromatic carbocycles. The van der Waals surface area contributed by atoms with E-state index in [9.17, 15) is 31.7 Å². The SMILES string of the molecule is NS(=O)(=O)c1nc([N+](=O)[O-])c(F)cc1C(F)F. The van der Waals surface area contributed by atoms with E-state index in [4.69, 9.17) is 0 Å². The molecule has 1 rings (SSSR count). The lowest BCUT2D eigenvalue weighted by Gasteiger charge is -2.03. The van der Waals surface area contributed by atoms with Crippen molar-refractivity contribution >= 4 is 15.8 Å². The van der Waals surface area contributed by atoms with E-state index in [-0.39, 0.29) is 6.07 Å². The van der Waals surface area contributed by atoms with Crippen LogP contribution in [0.25, 0.3) is 0 Å². The molecule has 0 saturated heterocycles. The first-order valence-electron chi connectivity index (χ1n) is 3.80. The molecule has 1 aromatic heterocycles. The van der Waals surface area contributed by atoms with Crippen LogP contribution >= 0.6 is 0 Å². The zero-order valence-corrected chi connectivity index (χ0v) is 8.62. The Bertz CT molecular complexity index is 574. The Labute approximate surface area is 92.3 Å². The van der Waals surface area contributed by atoms with E-state index in [1.807, 2.05) is 0 Å². The lowest BCUT2D eigenvalue weighted by Crippen LogP contribution is -2.18. The van der Waals surface area contributed by atoms with Crippen molar-refractivity contribution in [3.63, 3.8) is 0 Å². The number of sulfonamides is 1. The summed E-state index contributed by atoms with van der Waals surface area (Å²) in [4.78, 5) is 11.6. The van der Waals surface area contributed by atoms with E-state index >= 15 is 0 Å². The fourth-order valence-corrected chi connectivity index (χ4v) is 1.68. The van der Waals surface area contributed by atoms with Gasteiger partial charge in [0, 0.05) is 0 Å². The molecule has 0 fully saturated rings. The molecule has 1 aromatic rings. The molecular weight excluding hydrogens is 267 g/mol. The third kappa shape index (κ3) is 2.68. The topological polar surface area (TPSA) is 116 Å². The number of primary sulfonamides is 1. The highest BCUT2D eigenvalue weighted by atomic mass is 32.2. The Balaban J connectivity index is 3.66. The summed E-state index contributed by atoms with van der Waals surface area (Å²) < 4.78 is 59.5. The molecule has 11 heteroatoms. The predicted molar refractivity (Wildman–Crippen MR) is 47.2 cm³/mol. The molecule has 0 aliphatic carbocycles. The van der Waals surface area contributed by atoms with E-state index in [2.05, 4.69) is 10.1 Å². The van der Waals surface area contributed by atoms with Crippen LogP contribution in [0.1, 0.15) is 12.0 Å². The summed E-state index contributed by atoms with van der Waals surface area (Å²) >= 11 is 0. The van der Waals surface area contributed by atoms with Crippen molar-refractivity contribution in [3.05, 3.63) is 27.6 Å². The third-order valence-electron chi connectivity index (χ3n) is 1.63. The van der Waals surface area contributed by atoms with Crippen molar-refractivity contribution in [3.8, 4) is 0 Å². The molecule has 0 unspecified atom stereocenters. The summed E-state index contributed by atoms with van der Waals surface area (Å²) in [7, 11) is -4.71. The Hall–Kier alpha value is -1.75. The standard InChI is InChI=1S/C6H4F3N3O4S/c7-3-1-2(4(8)9)6(17(10,15)16)11-5(3)12(13)14/h1,4H,(H2,10,15,16). The summed E-state index contributed by atoms with van der Waals surface area (Å²) in [6.07, 6.45) is -3.38. The summed E-state index contributed by atoms with van der Waals surface area (Å²) in [5, 5.41) is 13.4. The van der Waals surface area contributed by atoms with Gasteiger partial charge >= 0.3 is 5.82 Å². The number of alkyl halides is 2. The van der Waals surface area contributed by atoms with Gasteiger partial charge in [-0.15, -0.1) is 0 Å². The first-order valence-corrected chi connectivity index (χ1v) is 5.35. The Morgan fingerprint density at radius 1 is 1.47 bits per heavy atom. The van der Waals surface area contributed by atoms with Gasteiger partial charge in [0.25, 0.3) is 21.5 Å². The minimum atomic E-state index is -4.71. The summed E-state index contributed by atoms with van der Waals surface area (Å²) in [6.45, 7) is 0. The predicted octanol–water partition coefficient (Wildman–Crippen LogP) is 0.714. The average molecular weight is 271 g/mol. The van der Waals surface area contributed by atoms with Crippen molar-refractivity contribution < 1.29 is 26.5 Å². The molecule has 1 heterocycles. The molecular formula is C6H4F3N3O4S. The number of pyridine rings is 1. The normalized spacial score (nSPS) is 11.8. The van der Waals surface area contributed by atoms with Crippen molar-refractivity contribution in [1.82, 2.24) is 4.98 Å². The van der Waals surface area contributed by atoms with Crippen molar-refractivity contribution in [1.29, 1.82) is 0 Å². The number of halogens is 3. The first-order chi connectivity index (χ1) is 7.64. The van der Waals surface area contributed by atoms with Gasteiger partial charge < -0.3 is 10.1 Å². The van der Waals surface area contributed by atoms with Crippen LogP contribution in [0.3, 0.4) is 0 Å². The Morgan fingerprint density at radius 3 is 2.35 bits per heavy atom. The van der Waals surface area contributed by atoms with Gasteiger partial charge in [0.05, 0.1) is 5.56 Å². The van der Waals surface area contributed by atoms with Crippen LogP contribution < -0.4 is 5.14 Å². The molecule has 0 radical (unpaired) electrons. The maximum Gasteiger partial charge on any atom is 0.401 e. The van der Waals surface area contributed by atoms with Crippen LogP contribution in [0, 0.1) is 15.9 Å². The van der Waals surface area contributed by atoms with E-state index in [0.29, 0.717) is 0 Å². The Kier molecular flexibility index (Phi) is 3.33. The minimum absolute atomic E-state index is 0.0234. The molecule has 0 amide bonds. The van der Waals surface area contributed by atoms with Crippen molar-refractivity contribution in [2.75, 3.05) is 0 Å². The monoisotopic (exact) mass is 271 g/mol. The second-order valence-corrected chi connectivity index (χ2v) is 4.27. The average Bonchev–Trinajstić information content (AvgIpc) is 2.14. The quantitative estimate of drug-likeness (QED) is 0.642. The molecule has 0 aliphatic rings. The number of aromatic nitrogens is 1. The fraction of sp³-hybridized carbons (Fsp3) is 0.167. The molecule has 0 bridgehead atoms. The van der Waals surface area contributed by atoms with Crippen molar-refractivity contribution in [2.45, 2.75) is 11.5 Å². The van der Waals surface area contributed by atoms with Gasteiger partial charge in [0.2, 0.25) is 5.82 Å². The second-order valence-electron chi connectivity index (χ2n) is 2.79. The fourth-order valence-electron chi connectivity index (χ4n) is 0.989. The van der Waals surface area contributed by atoms with Crippen LogP contribution in [0.5, 0.6) is 0 Å². The number of hydrogen-bond acceptors (Lipinski definition) is 5. The van der Waals surface area contributed by atoms with Crippen LogP contribution in [0.15, 0.2) is 11.1 Å². The zero-order chi connectivity index (χ0) is 13.4. The van der Waals surface area contributed by atoms with E-state index in [1.54, 1.807) is 0 Å². The van der Waals surface area contributed by atoms with Gasteiger partial charge in [-0.1, -0.05) is 0 Å². The molecule has 94 valence electrons. The number of nitro groups is 1. The van der Waals surface area contributed by atoms with Gasteiger partial charge in [0.1, 0.15) is 0 Å². The second kappa shape index (κ2) is 4.25. The van der Waals surface area contributed by atoms with Gasteiger partial charge in [-0.05, 0) is 16.0 Å². The van der Waals surface area contributed by atoms with E-state index in [0.717, 1.165) is 0 Å². The van der Waals surface area contributed by atoms with Crippen LogP contribution in [0.4, 0.5) is 19.0 Å². The van der Waals surface area contributed by atoms with E-state index < -0.39 is 43.6 Å². The highest BCUT2D eigenvalue weighted by Crippen LogP contribution is 2.28. The number of nitrogens with two attached hydrogens (primary N) is 1. The third-order valence-corrected chi connectivity index (χ3v) is 2.49.